The highest BCUT2D eigenvalue weighted by atomic mass is 19.1. The average molecular weight is 534 g/mol. The zero-order chi connectivity index (χ0) is 28.1. The van der Waals surface area contributed by atoms with Gasteiger partial charge in [-0.1, -0.05) is 29.8 Å². The van der Waals surface area contributed by atoms with Crippen LogP contribution in [0.4, 0.5) is 20.2 Å². The number of benzene rings is 3. The third kappa shape index (κ3) is 4.45. The molecule has 0 saturated carbocycles. The van der Waals surface area contributed by atoms with Gasteiger partial charge in [-0.05, 0) is 56.5 Å². The lowest BCUT2D eigenvalue weighted by atomic mass is 9.74. The van der Waals surface area contributed by atoms with Gasteiger partial charge in [0.15, 0.2) is 0 Å². The van der Waals surface area contributed by atoms with E-state index in [0.717, 1.165) is 17.7 Å². The van der Waals surface area contributed by atoms with Gasteiger partial charge in [-0.15, -0.1) is 0 Å². The van der Waals surface area contributed by atoms with Gasteiger partial charge in [0.1, 0.15) is 11.6 Å². The highest BCUT2D eigenvalue weighted by Crippen LogP contribution is 2.48. The molecule has 200 valence electrons. The molecule has 0 unspecified atom stereocenters. The molecule has 3 aromatic carbocycles. The summed E-state index contributed by atoms with van der Waals surface area (Å²) in [5.41, 5.74) is 0.590. The number of rotatable bonds is 4. The number of carbonyl (C=O) groups excluding carboxylic acids is 3. The summed E-state index contributed by atoms with van der Waals surface area (Å²) < 4.78 is 29.2. The van der Waals surface area contributed by atoms with E-state index >= 15 is 0 Å². The average Bonchev–Trinajstić information content (AvgIpc) is 3.21. The van der Waals surface area contributed by atoms with Crippen molar-refractivity contribution in [1.29, 1.82) is 0 Å². The third-order valence-electron chi connectivity index (χ3n) is 7.84. The number of likely N-dealkylation sites (tertiary alicyclic amines) is 1. The van der Waals surface area contributed by atoms with E-state index in [1.807, 2.05) is 6.92 Å². The lowest BCUT2D eigenvalue weighted by molar-refractivity contribution is -0.385. The van der Waals surface area contributed by atoms with Gasteiger partial charge in [-0.2, -0.15) is 0 Å². The molecule has 1 fully saturated rings. The Morgan fingerprint density at radius 1 is 0.949 bits per heavy atom. The Hall–Kier alpha value is -4.47. The topological polar surface area (TPSA) is 101 Å². The van der Waals surface area contributed by atoms with Gasteiger partial charge in [0.05, 0.1) is 10.5 Å². The Morgan fingerprint density at radius 2 is 1.62 bits per heavy atom. The van der Waals surface area contributed by atoms with Crippen LogP contribution in [-0.2, 0) is 10.2 Å². The van der Waals surface area contributed by atoms with E-state index in [1.54, 1.807) is 24.3 Å². The normalized spacial score (nSPS) is 15.8. The Morgan fingerprint density at radius 3 is 2.26 bits per heavy atom. The number of nitro groups is 1. The molecule has 0 radical (unpaired) electrons. The van der Waals surface area contributed by atoms with Crippen molar-refractivity contribution in [1.82, 2.24) is 4.90 Å². The zero-order valence-corrected chi connectivity index (χ0v) is 21.4. The first-order valence-electron chi connectivity index (χ1n) is 12.5. The van der Waals surface area contributed by atoms with Crippen molar-refractivity contribution in [3.63, 3.8) is 0 Å². The number of fused-ring (bicyclic) bond motifs is 2. The lowest BCUT2D eigenvalue weighted by Crippen LogP contribution is -2.49. The van der Waals surface area contributed by atoms with Crippen LogP contribution in [0.3, 0.4) is 0 Å². The largest absolute Gasteiger partial charge is 0.336 e. The molecule has 0 aromatic heterocycles. The Bertz CT molecular complexity index is 1530. The molecule has 2 aliphatic heterocycles. The van der Waals surface area contributed by atoms with E-state index in [4.69, 9.17) is 0 Å². The fourth-order valence-electron chi connectivity index (χ4n) is 5.62. The maximum Gasteiger partial charge on any atom is 0.294 e. The Balaban J connectivity index is 1.42. The molecule has 0 bridgehead atoms. The molecular formula is C29H25F2N3O5. The van der Waals surface area contributed by atoms with E-state index in [1.165, 1.54) is 34.9 Å². The van der Waals surface area contributed by atoms with E-state index in [0.29, 0.717) is 29.7 Å². The summed E-state index contributed by atoms with van der Waals surface area (Å²) in [6.07, 6.45) is 0.688. The number of nitro benzene ring substituents is 1. The summed E-state index contributed by atoms with van der Waals surface area (Å²) in [7, 11) is 0. The van der Waals surface area contributed by atoms with Gasteiger partial charge < -0.3 is 9.80 Å². The van der Waals surface area contributed by atoms with Crippen LogP contribution < -0.4 is 4.90 Å². The molecule has 2 aliphatic rings. The smallest absolute Gasteiger partial charge is 0.294 e. The maximum absolute atomic E-state index is 14.8. The number of halogens is 2. The number of piperidine rings is 1. The molecule has 0 atom stereocenters. The quantitative estimate of drug-likeness (QED) is 0.206. The molecule has 1 saturated heterocycles. The van der Waals surface area contributed by atoms with Crippen LogP contribution in [-0.4, -0.2) is 47.1 Å². The number of ketones is 1. The van der Waals surface area contributed by atoms with Gasteiger partial charge in [0.2, 0.25) is 5.78 Å². The number of amides is 2. The molecule has 0 aliphatic carbocycles. The van der Waals surface area contributed by atoms with Crippen molar-refractivity contribution >= 4 is 29.0 Å². The lowest BCUT2D eigenvalue weighted by Gasteiger charge is -2.39. The summed E-state index contributed by atoms with van der Waals surface area (Å²) in [6, 6.07) is 12.6. The molecule has 10 heteroatoms. The first-order chi connectivity index (χ1) is 18.5. The fraction of sp³-hybridized carbons (Fsp3) is 0.276. The molecule has 3 aromatic rings. The second-order valence-electron chi connectivity index (χ2n) is 10.1. The van der Waals surface area contributed by atoms with Gasteiger partial charge in [-0.3, -0.25) is 24.5 Å². The van der Waals surface area contributed by atoms with Gasteiger partial charge in [0.25, 0.3) is 17.5 Å². The van der Waals surface area contributed by atoms with Crippen LogP contribution in [0, 0.1) is 35.6 Å². The van der Waals surface area contributed by atoms with E-state index in [-0.39, 0.29) is 30.9 Å². The van der Waals surface area contributed by atoms with Crippen LogP contribution in [0.5, 0.6) is 0 Å². The number of carbonyl (C=O) groups is 3. The number of hydrogen-bond acceptors (Lipinski definition) is 5. The molecular weight excluding hydrogens is 508 g/mol. The first kappa shape index (κ1) is 26.1. The van der Waals surface area contributed by atoms with Crippen molar-refractivity contribution in [3.8, 4) is 0 Å². The predicted molar refractivity (Wildman–Crippen MR) is 139 cm³/mol. The summed E-state index contributed by atoms with van der Waals surface area (Å²) in [5, 5.41) is 11.4. The highest BCUT2D eigenvalue weighted by molar-refractivity contribution is 6.42. The minimum atomic E-state index is -0.886. The maximum atomic E-state index is 14.8. The molecule has 0 N–H and O–H groups in total. The molecule has 5 rings (SSSR count). The Labute approximate surface area is 223 Å². The highest BCUT2D eigenvalue weighted by Gasteiger charge is 2.48. The minimum absolute atomic E-state index is 0.0835. The van der Waals surface area contributed by atoms with Gasteiger partial charge in [-0.25, -0.2) is 8.78 Å². The van der Waals surface area contributed by atoms with Crippen molar-refractivity contribution in [3.05, 3.63) is 104 Å². The predicted octanol–water partition coefficient (Wildman–Crippen LogP) is 4.89. The number of anilines is 1. The van der Waals surface area contributed by atoms with Crippen molar-refractivity contribution in [2.75, 3.05) is 24.5 Å². The first-order valence-corrected chi connectivity index (χ1v) is 12.5. The fourth-order valence-corrected chi connectivity index (χ4v) is 5.62. The molecule has 2 heterocycles. The number of nitrogens with zero attached hydrogens (tertiary/aromatic N) is 3. The Kier molecular flexibility index (Phi) is 6.49. The summed E-state index contributed by atoms with van der Waals surface area (Å²) in [6.45, 7) is 3.70. The number of aryl methyl sites for hydroxylation is 1. The van der Waals surface area contributed by atoms with E-state index in [9.17, 15) is 33.3 Å². The third-order valence-corrected chi connectivity index (χ3v) is 7.84. The van der Waals surface area contributed by atoms with Crippen LogP contribution in [0.15, 0.2) is 54.6 Å². The minimum Gasteiger partial charge on any atom is -0.336 e. The zero-order valence-electron chi connectivity index (χ0n) is 21.4. The van der Waals surface area contributed by atoms with Gasteiger partial charge >= 0.3 is 0 Å². The second kappa shape index (κ2) is 9.68. The summed E-state index contributed by atoms with van der Waals surface area (Å²) >= 11 is 0. The van der Waals surface area contributed by atoms with E-state index in [2.05, 4.69) is 0 Å². The van der Waals surface area contributed by atoms with E-state index < -0.39 is 45.1 Å². The number of hydrogen-bond donors (Lipinski definition) is 0. The molecule has 8 nitrogen and oxygen atoms in total. The van der Waals surface area contributed by atoms with Crippen LogP contribution in [0.25, 0.3) is 0 Å². The van der Waals surface area contributed by atoms with Crippen LogP contribution >= 0.6 is 0 Å². The van der Waals surface area contributed by atoms with Crippen molar-refractivity contribution < 1.29 is 28.1 Å². The summed E-state index contributed by atoms with van der Waals surface area (Å²) in [4.78, 5) is 52.9. The summed E-state index contributed by atoms with van der Waals surface area (Å²) in [5.74, 6) is -3.40. The van der Waals surface area contributed by atoms with Crippen molar-refractivity contribution in [2.24, 2.45) is 0 Å². The van der Waals surface area contributed by atoms with Crippen molar-refractivity contribution in [2.45, 2.75) is 32.1 Å². The standard InChI is InChI=1S/C29H25F2N3O5/c1-17-3-5-19(6-4-17)26(35)28(37)32-13-11-29(12-14-32)16-33(24-9-7-20(30)15-21(24)29)27(36)25-18(2)23(34(38)39)10-8-22(25)31/h3-10,15H,11-14,16H2,1-2H3. The monoisotopic (exact) mass is 533 g/mol. The van der Waals surface area contributed by atoms with Gasteiger partial charge in [0, 0.05) is 47.9 Å². The molecule has 1 spiro atoms. The van der Waals surface area contributed by atoms with Crippen LogP contribution in [0.2, 0.25) is 0 Å². The molecule has 2 amide bonds. The second-order valence-corrected chi connectivity index (χ2v) is 10.1. The SMILES string of the molecule is Cc1ccc(C(=O)C(=O)N2CCC3(CC2)CN(C(=O)c2c(F)ccc([N+](=O)[O-])c2C)c2ccc(F)cc23)cc1. The van der Waals surface area contributed by atoms with Crippen LogP contribution in [0.1, 0.15) is 50.2 Å². The molecule has 39 heavy (non-hydrogen) atoms. The number of Topliss-reactive ketones (excluding diaryl/α,β-unsaturated/α-hetero) is 1.